The van der Waals surface area contributed by atoms with Crippen molar-refractivity contribution in [1.29, 1.82) is 0 Å². The monoisotopic (exact) mass is 455 g/mol. The molecule has 1 saturated heterocycles. The number of aromatic nitrogens is 2. The molecule has 2 heterocycles. The lowest BCUT2D eigenvalue weighted by molar-refractivity contribution is 0.208. The topological polar surface area (TPSA) is 90.1 Å². The van der Waals surface area contributed by atoms with Gasteiger partial charge in [0, 0.05) is 30.2 Å². The van der Waals surface area contributed by atoms with Gasteiger partial charge in [-0.1, -0.05) is 25.5 Å². The largest absolute Gasteiger partial charge is 0.381 e. The summed E-state index contributed by atoms with van der Waals surface area (Å²) < 4.78 is 27.5. The lowest BCUT2D eigenvalue weighted by Gasteiger charge is -2.34. The molecule has 0 spiro atoms. The lowest BCUT2D eigenvalue weighted by atomic mass is 10.0. The van der Waals surface area contributed by atoms with Gasteiger partial charge in [0.25, 0.3) is 0 Å². The fourth-order valence-electron chi connectivity index (χ4n) is 4.27. The number of H-pyrrole nitrogens is 1. The first-order valence-electron chi connectivity index (χ1n) is 11.4. The minimum atomic E-state index is -3.30. The number of sulfonamides is 1. The third kappa shape index (κ3) is 5.81. The van der Waals surface area contributed by atoms with Crippen molar-refractivity contribution in [3.8, 4) is 0 Å². The van der Waals surface area contributed by atoms with E-state index >= 15 is 0 Å². The third-order valence-electron chi connectivity index (χ3n) is 6.06. The Bertz CT molecular complexity index is 1160. The predicted octanol–water partition coefficient (Wildman–Crippen LogP) is 4.49. The number of nitrogens with one attached hydrogen (secondary N) is 3. The predicted molar refractivity (Wildman–Crippen MR) is 132 cm³/mol. The average molecular weight is 456 g/mol. The van der Waals surface area contributed by atoms with Crippen molar-refractivity contribution in [3.63, 3.8) is 0 Å². The van der Waals surface area contributed by atoms with Crippen LogP contribution >= 0.6 is 0 Å². The lowest BCUT2D eigenvalue weighted by Crippen LogP contribution is -2.41. The molecule has 1 aliphatic heterocycles. The van der Waals surface area contributed by atoms with Gasteiger partial charge in [-0.2, -0.15) is 5.10 Å². The number of piperidine rings is 1. The van der Waals surface area contributed by atoms with Gasteiger partial charge in [-0.25, -0.2) is 8.42 Å². The zero-order valence-corrected chi connectivity index (χ0v) is 19.7. The van der Waals surface area contributed by atoms with Crippen LogP contribution in [0, 0.1) is 6.92 Å². The molecule has 0 amide bonds. The van der Waals surface area contributed by atoms with Gasteiger partial charge < -0.3 is 5.32 Å². The van der Waals surface area contributed by atoms with E-state index in [2.05, 4.69) is 49.4 Å². The molecule has 1 aliphatic rings. The van der Waals surface area contributed by atoms with Crippen LogP contribution in [0.3, 0.4) is 0 Å². The molecule has 1 aromatic heterocycles. The van der Waals surface area contributed by atoms with Crippen LogP contribution < -0.4 is 10.0 Å². The summed E-state index contributed by atoms with van der Waals surface area (Å²) in [5.74, 6) is 0.164. The maximum atomic E-state index is 12.4. The van der Waals surface area contributed by atoms with Crippen LogP contribution in [0.4, 0.5) is 11.4 Å². The molecule has 0 radical (unpaired) electrons. The van der Waals surface area contributed by atoms with Crippen LogP contribution in [-0.4, -0.2) is 48.4 Å². The number of rotatable bonds is 9. The number of hydrogen-bond donors (Lipinski definition) is 3. The zero-order valence-electron chi connectivity index (χ0n) is 18.9. The van der Waals surface area contributed by atoms with E-state index in [9.17, 15) is 8.42 Å². The molecule has 8 heteroatoms. The van der Waals surface area contributed by atoms with Gasteiger partial charge in [-0.3, -0.25) is 14.7 Å². The second-order valence-electron chi connectivity index (χ2n) is 8.81. The fourth-order valence-corrected chi connectivity index (χ4v) is 5.60. The molecule has 3 aromatic rings. The van der Waals surface area contributed by atoms with Crippen molar-refractivity contribution in [3.05, 3.63) is 53.7 Å². The Kier molecular flexibility index (Phi) is 7.01. The van der Waals surface area contributed by atoms with Gasteiger partial charge in [0.05, 0.1) is 23.2 Å². The molecular formula is C24H33N5O2S. The highest BCUT2D eigenvalue weighted by Crippen LogP contribution is 2.23. The number of nitrogens with zero attached hydrogens (tertiary/aromatic N) is 2. The van der Waals surface area contributed by atoms with Crippen molar-refractivity contribution in [2.24, 2.45) is 0 Å². The molecule has 32 heavy (non-hydrogen) atoms. The number of likely N-dealkylation sites (tertiary alicyclic amines) is 1. The maximum Gasteiger partial charge on any atom is 0.232 e. The fraction of sp³-hybridized carbons (Fsp3) is 0.458. The summed E-state index contributed by atoms with van der Waals surface area (Å²) in [6.45, 7) is 6.75. The van der Waals surface area contributed by atoms with Gasteiger partial charge in [0.2, 0.25) is 10.0 Å². The molecular weight excluding hydrogens is 422 g/mol. The average Bonchev–Trinajstić information content (AvgIpc) is 3.23. The molecule has 0 unspecified atom stereocenters. The van der Waals surface area contributed by atoms with Crippen LogP contribution in [-0.2, 0) is 16.6 Å². The van der Waals surface area contributed by atoms with Crippen molar-refractivity contribution in [2.45, 2.75) is 52.1 Å². The molecule has 7 nitrogen and oxygen atoms in total. The third-order valence-corrected chi connectivity index (χ3v) is 7.41. The molecule has 0 aliphatic carbocycles. The zero-order chi connectivity index (χ0) is 22.6. The summed E-state index contributed by atoms with van der Waals surface area (Å²) in [7, 11) is -3.30. The molecule has 0 saturated carbocycles. The Morgan fingerprint density at radius 2 is 2.09 bits per heavy atom. The summed E-state index contributed by atoms with van der Waals surface area (Å²) in [6.07, 6.45) is 5.65. The van der Waals surface area contributed by atoms with Crippen LogP contribution in [0.5, 0.6) is 0 Å². The number of hydrogen-bond acceptors (Lipinski definition) is 5. The Balaban J connectivity index is 1.39. The van der Waals surface area contributed by atoms with Gasteiger partial charge in [0.15, 0.2) is 0 Å². The SMILES string of the molecule is CCCCS(=O)(=O)Nc1cc(CN2CCC[C@H](Nc3ccc4[nH]ncc4c3)C2)ccc1C. The van der Waals surface area contributed by atoms with Gasteiger partial charge in [-0.05, 0) is 68.1 Å². The van der Waals surface area contributed by atoms with Gasteiger partial charge in [-0.15, -0.1) is 0 Å². The van der Waals surface area contributed by atoms with Gasteiger partial charge >= 0.3 is 0 Å². The first kappa shape index (κ1) is 22.6. The van der Waals surface area contributed by atoms with E-state index in [0.29, 0.717) is 18.2 Å². The molecule has 0 bridgehead atoms. The highest BCUT2D eigenvalue weighted by Gasteiger charge is 2.20. The van der Waals surface area contributed by atoms with Crippen LogP contribution in [0.15, 0.2) is 42.6 Å². The summed E-state index contributed by atoms with van der Waals surface area (Å²) in [4.78, 5) is 2.44. The first-order chi connectivity index (χ1) is 15.4. The Morgan fingerprint density at radius 3 is 2.94 bits per heavy atom. The Hall–Kier alpha value is -2.58. The van der Waals surface area contributed by atoms with E-state index in [1.54, 1.807) is 0 Å². The molecule has 1 atom stereocenters. The highest BCUT2D eigenvalue weighted by molar-refractivity contribution is 7.92. The van der Waals surface area contributed by atoms with Crippen LogP contribution in [0.2, 0.25) is 0 Å². The van der Waals surface area contributed by atoms with E-state index < -0.39 is 10.0 Å². The maximum absolute atomic E-state index is 12.4. The summed E-state index contributed by atoms with van der Waals surface area (Å²) in [5, 5.41) is 11.9. The van der Waals surface area contributed by atoms with E-state index in [-0.39, 0.29) is 5.75 Å². The standard InChI is InChI=1S/C24H33N5O2S/c1-3-4-12-32(30,31)28-24-13-19(8-7-18(24)2)16-29-11-5-6-22(17-29)26-21-9-10-23-20(14-21)15-25-27-23/h7-10,13-15,22,26,28H,3-6,11-12,16-17H2,1-2H3,(H,25,27)/t22-/m0/s1. The molecule has 1 fully saturated rings. The van der Waals surface area contributed by atoms with E-state index in [0.717, 1.165) is 66.6 Å². The van der Waals surface area contributed by atoms with Crippen LogP contribution in [0.1, 0.15) is 43.7 Å². The molecule has 2 aromatic carbocycles. The Labute approximate surface area is 190 Å². The van der Waals surface area contributed by atoms with E-state index in [1.807, 2.05) is 32.2 Å². The minimum absolute atomic E-state index is 0.164. The Morgan fingerprint density at radius 1 is 1.22 bits per heavy atom. The number of fused-ring (bicyclic) bond motifs is 1. The van der Waals surface area contributed by atoms with E-state index in [1.165, 1.54) is 0 Å². The number of unbranched alkanes of at least 4 members (excludes halogenated alkanes) is 1. The summed E-state index contributed by atoms with van der Waals surface area (Å²) in [6, 6.07) is 12.8. The van der Waals surface area contributed by atoms with Crippen molar-refractivity contribution < 1.29 is 8.42 Å². The number of aryl methyl sites for hydroxylation is 1. The van der Waals surface area contributed by atoms with Crippen molar-refractivity contribution in [1.82, 2.24) is 15.1 Å². The minimum Gasteiger partial charge on any atom is -0.381 e. The summed E-state index contributed by atoms with van der Waals surface area (Å²) >= 11 is 0. The molecule has 3 N–H and O–H groups in total. The van der Waals surface area contributed by atoms with Crippen molar-refractivity contribution >= 4 is 32.3 Å². The number of benzene rings is 2. The smallest absolute Gasteiger partial charge is 0.232 e. The number of anilines is 2. The second-order valence-corrected chi connectivity index (χ2v) is 10.7. The van der Waals surface area contributed by atoms with E-state index in [4.69, 9.17) is 0 Å². The normalized spacial score (nSPS) is 17.5. The van der Waals surface area contributed by atoms with Crippen molar-refractivity contribution in [2.75, 3.05) is 28.9 Å². The first-order valence-corrected chi connectivity index (χ1v) is 13.1. The summed E-state index contributed by atoms with van der Waals surface area (Å²) in [5.41, 5.74) is 4.93. The second kappa shape index (κ2) is 9.92. The molecule has 172 valence electrons. The highest BCUT2D eigenvalue weighted by atomic mass is 32.2. The quantitative estimate of drug-likeness (QED) is 0.442. The van der Waals surface area contributed by atoms with Crippen LogP contribution in [0.25, 0.3) is 10.9 Å². The number of aromatic amines is 1. The molecule has 4 rings (SSSR count). The van der Waals surface area contributed by atoms with Gasteiger partial charge in [0.1, 0.15) is 0 Å².